The van der Waals surface area contributed by atoms with E-state index in [1.807, 2.05) is 12.1 Å². The number of rotatable bonds is 8. The van der Waals surface area contributed by atoms with Crippen molar-refractivity contribution in [3.8, 4) is 5.75 Å². The Balaban J connectivity index is 2.60. The predicted octanol–water partition coefficient (Wildman–Crippen LogP) is 1.63. The van der Waals surface area contributed by atoms with Crippen molar-refractivity contribution in [2.45, 2.75) is 26.5 Å². The highest BCUT2D eigenvalue weighted by Crippen LogP contribution is 2.23. The number of amides is 1. The van der Waals surface area contributed by atoms with E-state index in [1.54, 1.807) is 14.2 Å². The average Bonchev–Trinajstić information content (AvgIpc) is 2.43. The summed E-state index contributed by atoms with van der Waals surface area (Å²) in [7, 11) is 3.32. The second-order valence-corrected chi connectivity index (χ2v) is 4.66. The summed E-state index contributed by atoms with van der Waals surface area (Å²) in [6, 6.07) is 6.27. The van der Waals surface area contributed by atoms with Crippen LogP contribution >= 0.6 is 0 Å². The molecule has 1 aromatic rings. The van der Waals surface area contributed by atoms with E-state index in [9.17, 15) is 4.79 Å². The van der Waals surface area contributed by atoms with Crippen molar-refractivity contribution in [2.75, 3.05) is 27.3 Å². The van der Waals surface area contributed by atoms with E-state index in [2.05, 4.69) is 23.6 Å². The molecular weight excluding hydrogens is 256 g/mol. The number of hydrogen-bond donors (Lipinski definition) is 2. The Labute approximate surface area is 120 Å². The molecule has 0 saturated carbocycles. The maximum Gasteiger partial charge on any atom is 0.216 e. The van der Waals surface area contributed by atoms with Crippen LogP contribution in [0.5, 0.6) is 5.75 Å². The van der Waals surface area contributed by atoms with Gasteiger partial charge < -0.3 is 20.1 Å². The minimum atomic E-state index is -0.00807. The Hall–Kier alpha value is -1.59. The van der Waals surface area contributed by atoms with Gasteiger partial charge in [0, 0.05) is 38.7 Å². The molecule has 0 saturated heterocycles. The molecule has 0 aromatic heterocycles. The molecule has 112 valence electrons. The van der Waals surface area contributed by atoms with Gasteiger partial charge in [0.2, 0.25) is 5.91 Å². The highest BCUT2D eigenvalue weighted by Gasteiger charge is 2.09. The van der Waals surface area contributed by atoms with Crippen LogP contribution in [0.2, 0.25) is 0 Å². The Morgan fingerprint density at radius 2 is 2.05 bits per heavy atom. The molecule has 5 heteroatoms. The first-order valence-corrected chi connectivity index (χ1v) is 6.72. The van der Waals surface area contributed by atoms with Gasteiger partial charge in [0.1, 0.15) is 5.75 Å². The van der Waals surface area contributed by atoms with Crippen molar-refractivity contribution in [2.24, 2.45) is 0 Å². The van der Waals surface area contributed by atoms with Crippen LogP contribution < -0.4 is 15.4 Å². The first-order chi connectivity index (χ1) is 9.58. The predicted molar refractivity (Wildman–Crippen MR) is 78.8 cm³/mol. The first-order valence-electron chi connectivity index (χ1n) is 6.72. The molecule has 0 heterocycles. The fourth-order valence-corrected chi connectivity index (χ4v) is 1.98. The smallest absolute Gasteiger partial charge is 0.216 e. The molecule has 0 spiro atoms. The summed E-state index contributed by atoms with van der Waals surface area (Å²) in [6.45, 7) is 5.48. The van der Waals surface area contributed by atoms with Crippen LogP contribution in [0.3, 0.4) is 0 Å². The van der Waals surface area contributed by atoms with Gasteiger partial charge in [-0.1, -0.05) is 6.07 Å². The number of methoxy groups -OCH3 is 2. The van der Waals surface area contributed by atoms with Crippen molar-refractivity contribution in [3.63, 3.8) is 0 Å². The lowest BCUT2D eigenvalue weighted by Crippen LogP contribution is -2.31. The van der Waals surface area contributed by atoms with Crippen molar-refractivity contribution >= 4 is 5.91 Å². The summed E-state index contributed by atoms with van der Waals surface area (Å²) in [6.07, 6.45) is 0. The Kier molecular flexibility index (Phi) is 7.04. The van der Waals surface area contributed by atoms with E-state index in [0.717, 1.165) is 17.9 Å². The molecule has 0 aliphatic rings. The topological polar surface area (TPSA) is 59.6 Å². The van der Waals surface area contributed by atoms with Crippen molar-refractivity contribution in [1.82, 2.24) is 10.6 Å². The van der Waals surface area contributed by atoms with Gasteiger partial charge in [-0.3, -0.25) is 4.79 Å². The van der Waals surface area contributed by atoms with Crippen LogP contribution in [0.4, 0.5) is 0 Å². The molecule has 0 aliphatic heterocycles. The summed E-state index contributed by atoms with van der Waals surface area (Å²) < 4.78 is 10.5. The van der Waals surface area contributed by atoms with Gasteiger partial charge in [-0.25, -0.2) is 0 Å². The van der Waals surface area contributed by atoms with Crippen molar-refractivity contribution in [1.29, 1.82) is 0 Å². The highest BCUT2D eigenvalue weighted by molar-refractivity contribution is 5.72. The molecule has 1 unspecified atom stereocenters. The highest BCUT2D eigenvalue weighted by atomic mass is 16.5. The standard InChI is InChI=1S/C15H24N2O3/c1-11(16-7-8-17-12(2)18)13-5-6-15(20-4)14(9-13)10-19-3/h5-6,9,11,16H,7-8,10H2,1-4H3,(H,17,18). The van der Waals surface area contributed by atoms with Gasteiger partial charge in [-0.15, -0.1) is 0 Å². The van der Waals surface area contributed by atoms with Gasteiger partial charge in [0.05, 0.1) is 13.7 Å². The third kappa shape index (κ3) is 5.19. The van der Waals surface area contributed by atoms with Crippen LogP contribution in [0, 0.1) is 0 Å². The van der Waals surface area contributed by atoms with E-state index in [0.29, 0.717) is 13.2 Å². The summed E-state index contributed by atoms with van der Waals surface area (Å²) >= 11 is 0. The minimum absolute atomic E-state index is 0.00807. The van der Waals surface area contributed by atoms with E-state index in [4.69, 9.17) is 9.47 Å². The number of carbonyl (C=O) groups excluding carboxylic acids is 1. The lowest BCUT2D eigenvalue weighted by molar-refractivity contribution is -0.118. The van der Waals surface area contributed by atoms with Gasteiger partial charge >= 0.3 is 0 Å². The van der Waals surface area contributed by atoms with E-state index < -0.39 is 0 Å². The van der Waals surface area contributed by atoms with E-state index in [-0.39, 0.29) is 11.9 Å². The lowest BCUT2D eigenvalue weighted by atomic mass is 10.0. The number of nitrogens with one attached hydrogen (secondary N) is 2. The van der Waals surface area contributed by atoms with Crippen LogP contribution in [0.25, 0.3) is 0 Å². The molecule has 1 aromatic carbocycles. The third-order valence-corrected chi connectivity index (χ3v) is 3.05. The first kappa shape index (κ1) is 16.5. The van der Waals surface area contributed by atoms with Crippen LogP contribution in [0.15, 0.2) is 18.2 Å². The van der Waals surface area contributed by atoms with Gasteiger partial charge in [0.25, 0.3) is 0 Å². The van der Waals surface area contributed by atoms with Crippen LogP contribution in [-0.4, -0.2) is 33.2 Å². The molecule has 0 radical (unpaired) electrons. The fourth-order valence-electron chi connectivity index (χ4n) is 1.98. The Bertz CT molecular complexity index is 435. The Morgan fingerprint density at radius 3 is 2.65 bits per heavy atom. The molecule has 0 fully saturated rings. The van der Waals surface area contributed by atoms with Crippen LogP contribution in [-0.2, 0) is 16.1 Å². The SMILES string of the molecule is COCc1cc(C(C)NCCNC(C)=O)ccc1OC. The maximum atomic E-state index is 10.8. The van der Waals surface area contributed by atoms with Gasteiger partial charge in [-0.2, -0.15) is 0 Å². The monoisotopic (exact) mass is 280 g/mol. The molecule has 1 rings (SSSR count). The molecule has 5 nitrogen and oxygen atoms in total. The van der Waals surface area contributed by atoms with Gasteiger partial charge in [-0.05, 0) is 24.6 Å². The molecule has 0 aliphatic carbocycles. The van der Waals surface area contributed by atoms with E-state index in [1.165, 1.54) is 12.5 Å². The summed E-state index contributed by atoms with van der Waals surface area (Å²) in [5, 5.41) is 6.13. The minimum Gasteiger partial charge on any atom is -0.496 e. The Morgan fingerprint density at radius 1 is 1.30 bits per heavy atom. The number of hydrogen-bond acceptors (Lipinski definition) is 4. The largest absolute Gasteiger partial charge is 0.496 e. The molecule has 1 amide bonds. The number of ether oxygens (including phenoxy) is 2. The maximum absolute atomic E-state index is 10.8. The third-order valence-electron chi connectivity index (χ3n) is 3.05. The zero-order valence-corrected chi connectivity index (χ0v) is 12.7. The van der Waals surface area contributed by atoms with E-state index >= 15 is 0 Å². The quantitative estimate of drug-likeness (QED) is 0.711. The molecule has 1 atom stereocenters. The molecule has 0 bridgehead atoms. The van der Waals surface area contributed by atoms with Crippen LogP contribution in [0.1, 0.15) is 31.0 Å². The molecular formula is C15H24N2O3. The fraction of sp³-hybridized carbons (Fsp3) is 0.533. The van der Waals surface area contributed by atoms with Crippen molar-refractivity contribution in [3.05, 3.63) is 29.3 Å². The summed E-state index contributed by atoms with van der Waals surface area (Å²) in [4.78, 5) is 10.8. The normalized spacial score (nSPS) is 12.0. The van der Waals surface area contributed by atoms with Crippen molar-refractivity contribution < 1.29 is 14.3 Å². The summed E-state index contributed by atoms with van der Waals surface area (Å²) in [5.41, 5.74) is 2.20. The average molecular weight is 280 g/mol. The zero-order chi connectivity index (χ0) is 15.0. The summed E-state index contributed by atoms with van der Waals surface area (Å²) in [5.74, 6) is 0.826. The molecule has 2 N–H and O–H groups in total. The second-order valence-electron chi connectivity index (χ2n) is 4.66. The van der Waals surface area contributed by atoms with Gasteiger partial charge in [0.15, 0.2) is 0 Å². The number of carbonyl (C=O) groups is 1. The lowest BCUT2D eigenvalue weighted by Gasteiger charge is -2.17. The number of benzene rings is 1. The molecule has 20 heavy (non-hydrogen) atoms. The zero-order valence-electron chi connectivity index (χ0n) is 12.7. The second kappa shape index (κ2) is 8.55.